The summed E-state index contributed by atoms with van der Waals surface area (Å²) >= 11 is 0. The van der Waals surface area contributed by atoms with Crippen molar-refractivity contribution in [2.24, 2.45) is 0 Å². The third kappa shape index (κ3) is 3.15. The molecule has 8 nitrogen and oxygen atoms in total. The van der Waals surface area contributed by atoms with E-state index in [1.54, 1.807) is 11.8 Å². The van der Waals surface area contributed by atoms with Crippen molar-refractivity contribution in [1.29, 1.82) is 0 Å². The number of rotatable bonds is 5. The normalized spacial score (nSPS) is 12.7. The van der Waals surface area contributed by atoms with Crippen molar-refractivity contribution in [1.82, 2.24) is 0 Å². The molecule has 1 aromatic rings. The van der Waals surface area contributed by atoms with Crippen LogP contribution in [0.2, 0.25) is 0 Å². The summed E-state index contributed by atoms with van der Waals surface area (Å²) in [5, 5.41) is 11.2. The number of likely N-dealkylation sites (N-methyl/N-ethyl adjacent to an activating group) is 1. The van der Waals surface area contributed by atoms with E-state index in [0.717, 1.165) is 0 Å². The van der Waals surface area contributed by atoms with Gasteiger partial charge in [0.1, 0.15) is 25.4 Å². The lowest BCUT2D eigenvalue weighted by atomic mass is 10.2. The number of nitro groups is 1. The molecular formula is C13H16N2O6. The predicted molar refractivity (Wildman–Crippen MR) is 74.0 cm³/mol. The fourth-order valence-corrected chi connectivity index (χ4v) is 2.05. The van der Waals surface area contributed by atoms with Gasteiger partial charge in [0.25, 0.3) is 5.69 Å². The van der Waals surface area contributed by atoms with Gasteiger partial charge in [0.2, 0.25) is 0 Å². The Hall–Kier alpha value is -2.51. The number of fused-ring (bicyclic) bond motifs is 1. The van der Waals surface area contributed by atoms with Gasteiger partial charge < -0.3 is 19.1 Å². The highest BCUT2D eigenvalue weighted by Gasteiger charge is 2.26. The number of anilines is 1. The molecule has 0 fully saturated rings. The largest absolute Gasteiger partial charge is 0.486 e. The van der Waals surface area contributed by atoms with Gasteiger partial charge in [-0.3, -0.25) is 14.9 Å². The van der Waals surface area contributed by atoms with E-state index in [1.807, 2.05) is 0 Å². The summed E-state index contributed by atoms with van der Waals surface area (Å²) in [7, 11) is 1.27. The lowest BCUT2D eigenvalue weighted by molar-refractivity contribution is -0.384. The molecule has 0 saturated carbocycles. The number of carbonyl (C=O) groups excluding carboxylic acids is 1. The van der Waals surface area contributed by atoms with E-state index in [1.165, 1.54) is 19.2 Å². The van der Waals surface area contributed by atoms with E-state index in [2.05, 4.69) is 4.74 Å². The zero-order chi connectivity index (χ0) is 15.4. The molecule has 0 unspecified atom stereocenters. The molecule has 0 radical (unpaired) electrons. The molecule has 0 aromatic heterocycles. The van der Waals surface area contributed by atoms with Gasteiger partial charge >= 0.3 is 5.97 Å². The summed E-state index contributed by atoms with van der Waals surface area (Å²) in [6, 6.07) is 2.85. The average Bonchev–Trinajstić information content (AvgIpc) is 2.50. The van der Waals surface area contributed by atoms with Gasteiger partial charge in [-0.25, -0.2) is 0 Å². The zero-order valence-corrected chi connectivity index (χ0v) is 11.8. The Kier molecular flexibility index (Phi) is 4.46. The fourth-order valence-electron chi connectivity index (χ4n) is 2.05. The minimum Gasteiger partial charge on any atom is -0.486 e. The lowest BCUT2D eigenvalue weighted by Crippen LogP contribution is -2.31. The topological polar surface area (TPSA) is 91.1 Å². The Labute approximate surface area is 121 Å². The number of benzene rings is 1. The van der Waals surface area contributed by atoms with E-state index >= 15 is 0 Å². The van der Waals surface area contributed by atoms with Crippen LogP contribution in [0.1, 0.15) is 6.92 Å². The summed E-state index contributed by atoms with van der Waals surface area (Å²) < 4.78 is 15.4. The summed E-state index contributed by atoms with van der Waals surface area (Å²) in [4.78, 5) is 23.7. The van der Waals surface area contributed by atoms with Gasteiger partial charge in [-0.2, -0.15) is 0 Å². The van der Waals surface area contributed by atoms with Crippen molar-refractivity contribution in [3.05, 3.63) is 22.2 Å². The summed E-state index contributed by atoms with van der Waals surface area (Å²) in [5.74, 6) is 0.303. The fraction of sp³-hybridized carbons (Fsp3) is 0.462. The second-order valence-electron chi connectivity index (χ2n) is 4.33. The first kappa shape index (κ1) is 14.9. The SMILES string of the molecule is CCN(CC(=O)OC)c1cc2c(cc1[N+](=O)[O-])OCCO2. The Bertz CT molecular complexity index is 560. The second-order valence-corrected chi connectivity index (χ2v) is 4.33. The van der Waals surface area contributed by atoms with Gasteiger partial charge in [0.05, 0.1) is 18.1 Å². The lowest BCUT2D eigenvalue weighted by Gasteiger charge is -2.24. The van der Waals surface area contributed by atoms with Crippen LogP contribution in [0, 0.1) is 10.1 Å². The molecule has 0 spiro atoms. The molecule has 114 valence electrons. The third-order valence-electron chi connectivity index (χ3n) is 3.11. The second kappa shape index (κ2) is 6.29. The zero-order valence-electron chi connectivity index (χ0n) is 11.8. The first-order chi connectivity index (χ1) is 10.1. The van der Waals surface area contributed by atoms with Crippen LogP contribution in [0.3, 0.4) is 0 Å². The van der Waals surface area contributed by atoms with E-state index in [-0.39, 0.29) is 12.2 Å². The van der Waals surface area contributed by atoms with Gasteiger partial charge in [0.15, 0.2) is 11.5 Å². The smallest absolute Gasteiger partial charge is 0.325 e. The van der Waals surface area contributed by atoms with Crippen molar-refractivity contribution in [2.75, 3.05) is 38.3 Å². The maximum atomic E-state index is 11.4. The first-order valence-corrected chi connectivity index (χ1v) is 6.46. The molecule has 0 aliphatic carbocycles. The number of methoxy groups -OCH3 is 1. The van der Waals surface area contributed by atoms with Crippen LogP contribution >= 0.6 is 0 Å². The molecule has 0 bridgehead atoms. The maximum Gasteiger partial charge on any atom is 0.325 e. The van der Waals surface area contributed by atoms with Crippen LogP contribution in [0.25, 0.3) is 0 Å². The van der Waals surface area contributed by atoms with E-state index in [9.17, 15) is 14.9 Å². The average molecular weight is 296 g/mol. The van der Waals surface area contributed by atoms with Crippen molar-refractivity contribution in [2.45, 2.75) is 6.92 Å². The number of carbonyl (C=O) groups is 1. The van der Waals surface area contributed by atoms with Crippen LogP contribution < -0.4 is 14.4 Å². The number of hydrogen-bond acceptors (Lipinski definition) is 7. The number of esters is 1. The molecule has 1 heterocycles. The summed E-state index contributed by atoms with van der Waals surface area (Å²) in [6.07, 6.45) is 0. The quantitative estimate of drug-likeness (QED) is 0.460. The van der Waals surface area contributed by atoms with Crippen LogP contribution in [-0.2, 0) is 9.53 Å². The monoisotopic (exact) mass is 296 g/mol. The number of ether oxygens (including phenoxy) is 3. The Morgan fingerprint density at radius 1 is 1.38 bits per heavy atom. The van der Waals surface area contributed by atoms with E-state index in [0.29, 0.717) is 36.9 Å². The highest BCUT2D eigenvalue weighted by atomic mass is 16.6. The minimum atomic E-state index is -0.506. The molecule has 0 atom stereocenters. The molecular weight excluding hydrogens is 280 g/mol. The predicted octanol–water partition coefficient (Wildman–Crippen LogP) is 1.37. The molecule has 0 amide bonds. The van der Waals surface area contributed by atoms with Crippen LogP contribution in [0.5, 0.6) is 11.5 Å². The van der Waals surface area contributed by atoms with Gasteiger partial charge in [-0.1, -0.05) is 0 Å². The molecule has 8 heteroatoms. The number of hydrogen-bond donors (Lipinski definition) is 0. The molecule has 0 saturated heterocycles. The first-order valence-electron chi connectivity index (χ1n) is 6.46. The van der Waals surface area contributed by atoms with Crippen molar-refractivity contribution in [3.63, 3.8) is 0 Å². The molecule has 2 rings (SSSR count). The van der Waals surface area contributed by atoms with Crippen LogP contribution in [-0.4, -0.2) is 44.3 Å². The molecule has 0 N–H and O–H groups in total. The molecule has 1 aliphatic rings. The van der Waals surface area contributed by atoms with Gasteiger partial charge in [0, 0.05) is 12.6 Å². The number of nitrogens with zero attached hydrogens (tertiary/aromatic N) is 2. The molecule has 1 aromatic carbocycles. The minimum absolute atomic E-state index is 0.0759. The van der Waals surface area contributed by atoms with Crippen molar-refractivity contribution < 1.29 is 23.9 Å². The van der Waals surface area contributed by atoms with E-state index in [4.69, 9.17) is 9.47 Å². The third-order valence-corrected chi connectivity index (χ3v) is 3.11. The van der Waals surface area contributed by atoms with Crippen LogP contribution in [0.4, 0.5) is 11.4 Å². The standard InChI is InChI=1S/C13H16N2O6/c1-3-14(8-13(16)19-2)9-6-11-12(21-5-4-20-11)7-10(9)15(17)18/h6-7H,3-5,8H2,1-2H3. The van der Waals surface area contributed by atoms with Crippen molar-refractivity contribution in [3.8, 4) is 11.5 Å². The van der Waals surface area contributed by atoms with Crippen molar-refractivity contribution >= 4 is 17.3 Å². The van der Waals surface area contributed by atoms with Gasteiger partial charge in [-0.15, -0.1) is 0 Å². The Morgan fingerprint density at radius 2 is 2.00 bits per heavy atom. The highest BCUT2D eigenvalue weighted by Crippen LogP contribution is 2.40. The maximum absolute atomic E-state index is 11.4. The summed E-state index contributed by atoms with van der Waals surface area (Å²) in [5.41, 5.74) is 0.169. The van der Waals surface area contributed by atoms with E-state index < -0.39 is 10.9 Å². The molecule has 21 heavy (non-hydrogen) atoms. The van der Waals surface area contributed by atoms with Crippen LogP contribution in [0.15, 0.2) is 12.1 Å². The Balaban J connectivity index is 2.43. The van der Waals surface area contributed by atoms with Gasteiger partial charge in [-0.05, 0) is 6.92 Å². The number of nitro benzene ring substituents is 1. The molecule has 1 aliphatic heterocycles. The summed E-state index contributed by atoms with van der Waals surface area (Å²) in [6.45, 7) is 2.86. The highest BCUT2D eigenvalue weighted by molar-refractivity contribution is 5.79. The Morgan fingerprint density at radius 3 is 2.52 bits per heavy atom.